The van der Waals surface area contributed by atoms with Crippen LogP contribution in [0, 0.1) is 0 Å². The van der Waals surface area contributed by atoms with Crippen LogP contribution in [0.15, 0.2) is 0 Å². The van der Waals surface area contributed by atoms with Gasteiger partial charge in [-0.15, -0.1) is 0 Å². The van der Waals surface area contributed by atoms with Crippen LogP contribution in [-0.4, -0.2) is 61.0 Å². The normalized spacial score (nSPS) is 43.6. The number of fused-ring (bicyclic) bond motifs is 1. The van der Waals surface area contributed by atoms with E-state index in [2.05, 4.69) is 0 Å². The van der Waals surface area contributed by atoms with Gasteiger partial charge >= 0.3 is 0 Å². The van der Waals surface area contributed by atoms with Crippen LogP contribution in [-0.2, 0) is 14.2 Å². The number of likely N-dealkylation sites (N-methyl/N-ethyl adjacent to an activating group) is 1. The first-order chi connectivity index (χ1) is 6.89. The van der Waals surface area contributed by atoms with Crippen molar-refractivity contribution in [3.63, 3.8) is 0 Å². The third kappa shape index (κ3) is 2.16. The molecule has 4 atom stereocenters. The Morgan fingerprint density at radius 2 is 1.93 bits per heavy atom. The summed E-state index contributed by atoms with van der Waals surface area (Å²) in [5.41, 5.74) is 0. The predicted octanol–water partition coefficient (Wildman–Crippen LogP) is -0.215. The number of hydrogen-bond donors (Lipinski definition) is 1. The van der Waals surface area contributed by atoms with Crippen LogP contribution in [0.4, 0.5) is 0 Å². The number of nitrogens with zero attached hydrogens (tertiary/aromatic N) is 1. The highest BCUT2D eigenvalue weighted by atomic mass is 16.8. The van der Waals surface area contributed by atoms with Crippen LogP contribution in [0.5, 0.6) is 0 Å². The van der Waals surface area contributed by atoms with Gasteiger partial charge in [-0.25, -0.2) is 0 Å². The molecule has 0 aromatic rings. The van der Waals surface area contributed by atoms with Crippen molar-refractivity contribution < 1.29 is 19.3 Å². The Kier molecular flexibility index (Phi) is 2.77. The molecule has 15 heavy (non-hydrogen) atoms. The molecule has 2 fully saturated rings. The molecule has 0 bridgehead atoms. The highest BCUT2D eigenvalue weighted by Crippen LogP contribution is 2.37. The highest BCUT2D eigenvalue weighted by Gasteiger charge is 2.54. The number of aliphatic hydroxyl groups excluding tert-OH is 1. The molecule has 0 unspecified atom stereocenters. The van der Waals surface area contributed by atoms with E-state index < -0.39 is 18.2 Å². The maximum absolute atomic E-state index is 9.98. The molecule has 2 aliphatic rings. The summed E-state index contributed by atoms with van der Waals surface area (Å²) >= 11 is 0. The van der Waals surface area contributed by atoms with Gasteiger partial charge in [0.2, 0.25) is 0 Å². The van der Waals surface area contributed by atoms with Crippen LogP contribution in [0.25, 0.3) is 0 Å². The smallest absolute Gasteiger partial charge is 0.190 e. The Hall–Kier alpha value is -0.200. The Morgan fingerprint density at radius 3 is 2.47 bits per heavy atom. The minimum absolute atomic E-state index is 0.230. The van der Waals surface area contributed by atoms with Gasteiger partial charge in [-0.05, 0) is 27.9 Å². The monoisotopic (exact) mass is 217 g/mol. The SMILES string of the molecule is CN(C)C[C@@H]1O[C@H]2OC(C)(C)O[C@H]2[C@@H]1O. The molecule has 0 spiro atoms. The molecule has 2 aliphatic heterocycles. The largest absolute Gasteiger partial charge is 0.387 e. The zero-order valence-corrected chi connectivity index (χ0v) is 9.64. The molecule has 5 heteroatoms. The maximum atomic E-state index is 9.98. The van der Waals surface area contributed by atoms with E-state index in [-0.39, 0.29) is 12.2 Å². The molecule has 88 valence electrons. The zero-order valence-electron chi connectivity index (χ0n) is 9.64. The second-order valence-electron chi connectivity index (χ2n) is 4.90. The predicted molar refractivity (Wildman–Crippen MR) is 53.3 cm³/mol. The average Bonchev–Trinajstić information content (AvgIpc) is 2.48. The van der Waals surface area contributed by atoms with Crippen molar-refractivity contribution in [1.82, 2.24) is 4.90 Å². The fraction of sp³-hybridized carbons (Fsp3) is 1.00. The third-order valence-corrected chi connectivity index (χ3v) is 2.66. The van der Waals surface area contributed by atoms with E-state index in [1.807, 2.05) is 32.8 Å². The molecule has 0 aromatic heterocycles. The zero-order chi connectivity index (χ0) is 11.2. The molecule has 0 saturated carbocycles. The molecule has 1 N–H and O–H groups in total. The van der Waals surface area contributed by atoms with Crippen molar-refractivity contribution in [2.75, 3.05) is 20.6 Å². The Balaban J connectivity index is 1.99. The van der Waals surface area contributed by atoms with Crippen molar-refractivity contribution in [3.05, 3.63) is 0 Å². The van der Waals surface area contributed by atoms with Gasteiger partial charge in [0.15, 0.2) is 12.1 Å². The standard InChI is InChI=1S/C10H19NO4/c1-10(2)14-8-7(12)6(5-11(3)4)13-9(8)15-10/h6-9,12H,5H2,1-4H3/t6-,7+,8-,9-/m0/s1. The van der Waals surface area contributed by atoms with E-state index in [1.165, 1.54) is 0 Å². The van der Waals surface area contributed by atoms with Gasteiger partial charge in [-0.1, -0.05) is 0 Å². The summed E-state index contributed by atoms with van der Waals surface area (Å²) in [7, 11) is 3.88. The van der Waals surface area contributed by atoms with E-state index in [0.717, 1.165) is 0 Å². The first-order valence-corrected chi connectivity index (χ1v) is 5.23. The summed E-state index contributed by atoms with van der Waals surface area (Å²) in [6, 6.07) is 0. The van der Waals surface area contributed by atoms with E-state index in [4.69, 9.17) is 14.2 Å². The fourth-order valence-corrected chi connectivity index (χ4v) is 2.07. The number of aliphatic hydroxyl groups is 1. The Labute approximate surface area is 89.9 Å². The lowest BCUT2D eigenvalue weighted by atomic mass is 10.1. The lowest BCUT2D eigenvalue weighted by Gasteiger charge is -2.24. The molecule has 2 rings (SSSR count). The van der Waals surface area contributed by atoms with Crippen molar-refractivity contribution in [1.29, 1.82) is 0 Å². The molecule has 0 amide bonds. The van der Waals surface area contributed by atoms with Gasteiger partial charge < -0.3 is 24.2 Å². The van der Waals surface area contributed by atoms with Gasteiger partial charge in [-0.2, -0.15) is 0 Å². The van der Waals surface area contributed by atoms with Crippen molar-refractivity contribution >= 4 is 0 Å². The van der Waals surface area contributed by atoms with Crippen LogP contribution >= 0.6 is 0 Å². The van der Waals surface area contributed by atoms with Crippen molar-refractivity contribution in [2.24, 2.45) is 0 Å². The number of ether oxygens (including phenoxy) is 3. The number of rotatable bonds is 2. The molecule has 5 nitrogen and oxygen atoms in total. The maximum Gasteiger partial charge on any atom is 0.190 e. The van der Waals surface area contributed by atoms with Crippen LogP contribution in [0.3, 0.4) is 0 Å². The molecular weight excluding hydrogens is 198 g/mol. The first-order valence-electron chi connectivity index (χ1n) is 5.23. The van der Waals surface area contributed by atoms with Crippen LogP contribution < -0.4 is 0 Å². The summed E-state index contributed by atoms with van der Waals surface area (Å²) in [5.74, 6) is -0.653. The Bertz CT molecular complexity index is 244. The van der Waals surface area contributed by atoms with Crippen LogP contribution in [0.2, 0.25) is 0 Å². The van der Waals surface area contributed by atoms with Crippen LogP contribution in [0.1, 0.15) is 13.8 Å². The van der Waals surface area contributed by atoms with E-state index in [0.29, 0.717) is 6.54 Å². The van der Waals surface area contributed by atoms with Gasteiger partial charge in [0.25, 0.3) is 0 Å². The summed E-state index contributed by atoms with van der Waals surface area (Å²) in [6.45, 7) is 4.31. The van der Waals surface area contributed by atoms with E-state index in [9.17, 15) is 5.11 Å². The van der Waals surface area contributed by atoms with Gasteiger partial charge in [0, 0.05) is 6.54 Å². The summed E-state index contributed by atoms with van der Waals surface area (Å²) < 4.78 is 16.7. The first kappa shape index (κ1) is 11.3. The fourth-order valence-electron chi connectivity index (χ4n) is 2.07. The quantitative estimate of drug-likeness (QED) is 0.693. The minimum Gasteiger partial charge on any atom is -0.387 e. The highest BCUT2D eigenvalue weighted by molar-refractivity contribution is 4.93. The van der Waals surface area contributed by atoms with E-state index >= 15 is 0 Å². The second-order valence-corrected chi connectivity index (χ2v) is 4.90. The molecular formula is C10H19NO4. The van der Waals surface area contributed by atoms with Gasteiger partial charge in [0.1, 0.15) is 18.3 Å². The van der Waals surface area contributed by atoms with Gasteiger partial charge in [0.05, 0.1) is 0 Å². The molecule has 2 saturated heterocycles. The average molecular weight is 217 g/mol. The molecule has 2 heterocycles. The second kappa shape index (κ2) is 3.68. The van der Waals surface area contributed by atoms with E-state index in [1.54, 1.807) is 0 Å². The lowest BCUT2D eigenvalue weighted by Crippen LogP contribution is -2.39. The Morgan fingerprint density at radius 1 is 1.27 bits per heavy atom. The lowest BCUT2D eigenvalue weighted by molar-refractivity contribution is -0.215. The minimum atomic E-state index is -0.653. The number of hydrogen-bond acceptors (Lipinski definition) is 5. The molecule has 0 aliphatic carbocycles. The molecule has 0 aromatic carbocycles. The summed E-state index contributed by atoms with van der Waals surface area (Å²) in [6.07, 6.45) is -1.63. The topological polar surface area (TPSA) is 51.2 Å². The third-order valence-electron chi connectivity index (χ3n) is 2.66. The van der Waals surface area contributed by atoms with Gasteiger partial charge in [-0.3, -0.25) is 0 Å². The summed E-state index contributed by atoms with van der Waals surface area (Å²) in [4.78, 5) is 1.97. The summed E-state index contributed by atoms with van der Waals surface area (Å²) in [5, 5.41) is 9.98. The van der Waals surface area contributed by atoms with Crippen molar-refractivity contribution in [2.45, 2.75) is 44.2 Å². The molecule has 0 radical (unpaired) electrons. The van der Waals surface area contributed by atoms with Crippen molar-refractivity contribution in [3.8, 4) is 0 Å².